The first-order chi connectivity index (χ1) is 14.4. The Morgan fingerprint density at radius 3 is 2.20 bits per heavy atom. The minimum Gasteiger partial charge on any atom is -0.497 e. The van der Waals surface area contributed by atoms with Gasteiger partial charge in [-0.15, -0.1) is 0 Å². The lowest BCUT2D eigenvalue weighted by atomic mass is 10.1. The number of methoxy groups -OCH3 is 2. The second-order valence-corrected chi connectivity index (χ2v) is 6.00. The summed E-state index contributed by atoms with van der Waals surface area (Å²) in [7, 11) is 2.92. The molecule has 11 heteroatoms. The van der Waals surface area contributed by atoms with Gasteiger partial charge in [-0.2, -0.15) is 0 Å². The van der Waals surface area contributed by atoms with Crippen molar-refractivity contribution in [1.82, 2.24) is 0 Å². The standard InChI is InChI=1S/C19H18N2O9/c1-26-12-5-11(6-13(7-12)27-2)20-18(22)10-30-19(23)14-8-16-17(29-4-3-28-16)9-15(14)21(24)25/h5-9H,3-4,10H2,1-2H3,(H,20,22). The SMILES string of the molecule is COc1cc(NC(=O)COC(=O)c2cc3c(cc2[N+](=O)[O-])OCCO3)cc(OC)c1. The minimum absolute atomic E-state index is 0.161. The van der Waals surface area contributed by atoms with E-state index in [4.69, 9.17) is 23.7 Å². The van der Waals surface area contributed by atoms with Gasteiger partial charge in [-0.05, 0) is 0 Å². The minimum atomic E-state index is -1.04. The Bertz CT molecular complexity index is 968. The van der Waals surface area contributed by atoms with Crippen molar-refractivity contribution in [1.29, 1.82) is 0 Å². The summed E-state index contributed by atoms with van der Waals surface area (Å²) in [5, 5.41) is 13.8. The molecule has 0 saturated heterocycles. The van der Waals surface area contributed by atoms with Gasteiger partial charge in [0.15, 0.2) is 18.1 Å². The van der Waals surface area contributed by atoms with E-state index in [9.17, 15) is 19.7 Å². The van der Waals surface area contributed by atoms with Crippen LogP contribution in [0, 0.1) is 10.1 Å². The Labute approximate surface area is 170 Å². The van der Waals surface area contributed by atoms with Gasteiger partial charge in [-0.1, -0.05) is 0 Å². The molecule has 1 aliphatic rings. The zero-order valence-corrected chi connectivity index (χ0v) is 16.1. The molecular weight excluding hydrogens is 400 g/mol. The van der Waals surface area contributed by atoms with Gasteiger partial charge in [0.1, 0.15) is 30.3 Å². The van der Waals surface area contributed by atoms with E-state index in [-0.39, 0.29) is 30.3 Å². The molecule has 0 aromatic heterocycles. The highest BCUT2D eigenvalue weighted by Gasteiger charge is 2.27. The van der Waals surface area contributed by atoms with Crippen LogP contribution in [0.15, 0.2) is 30.3 Å². The van der Waals surface area contributed by atoms with Crippen molar-refractivity contribution in [3.63, 3.8) is 0 Å². The summed E-state index contributed by atoms with van der Waals surface area (Å²) < 4.78 is 25.8. The Morgan fingerprint density at radius 1 is 1.03 bits per heavy atom. The van der Waals surface area contributed by atoms with Crippen LogP contribution in [0.25, 0.3) is 0 Å². The van der Waals surface area contributed by atoms with Crippen LogP contribution in [0.2, 0.25) is 0 Å². The first-order valence-corrected chi connectivity index (χ1v) is 8.69. The van der Waals surface area contributed by atoms with Gasteiger partial charge in [-0.3, -0.25) is 14.9 Å². The third-order valence-corrected chi connectivity index (χ3v) is 4.05. The second kappa shape index (κ2) is 8.99. The number of ether oxygens (including phenoxy) is 5. The predicted octanol–water partition coefficient (Wildman–Crippen LogP) is 2.18. The van der Waals surface area contributed by atoms with E-state index in [0.29, 0.717) is 17.2 Å². The summed E-state index contributed by atoms with van der Waals surface area (Å²) in [6.45, 7) is -0.182. The molecule has 2 aromatic rings. The Kier molecular flexibility index (Phi) is 6.20. The van der Waals surface area contributed by atoms with Crippen LogP contribution in [-0.2, 0) is 9.53 Å². The van der Waals surface area contributed by atoms with Crippen molar-refractivity contribution < 1.29 is 38.2 Å². The first kappa shape index (κ1) is 20.7. The molecule has 0 radical (unpaired) electrons. The lowest BCUT2D eigenvalue weighted by Gasteiger charge is -2.18. The normalized spacial score (nSPS) is 11.9. The van der Waals surface area contributed by atoms with Gasteiger partial charge < -0.3 is 29.0 Å². The second-order valence-electron chi connectivity index (χ2n) is 6.00. The van der Waals surface area contributed by atoms with Crippen LogP contribution in [0.3, 0.4) is 0 Å². The number of benzene rings is 2. The summed E-state index contributed by atoms with van der Waals surface area (Å²) in [6.07, 6.45) is 0. The number of nitro groups is 1. The van der Waals surface area contributed by atoms with Crippen molar-refractivity contribution in [3.05, 3.63) is 46.0 Å². The summed E-state index contributed by atoms with van der Waals surface area (Å²) in [5.74, 6) is -0.445. The van der Waals surface area contributed by atoms with Crippen molar-refractivity contribution in [3.8, 4) is 23.0 Å². The van der Waals surface area contributed by atoms with E-state index < -0.39 is 29.1 Å². The fourth-order valence-electron chi connectivity index (χ4n) is 2.68. The number of nitrogens with one attached hydrogen (secondary N) is 1. The van der Waals surface area contributed by atoms with E-state index in [0.717, 1.165) is 6.07 Å². The average molecular weight is 418 g/mol. The number of fused-ring (bicyclic) bond motifs is 1. The lowest BCUT2D eigenvalue weighted by Crippen LogP contribution is -2.22. The molecule has 0 atom stereocenters. The zero-order valence-electron chi connectivity index (χ0n) is 16.1. The number of carbonyl (C=O) groups is 2. The molecule has 3 rings (SSSR count). The number of hydrogen-bond acceptors (Lipinski definition) is 9. The quantitative estimate of drug-likeness (QED) is 0.408. The molecule has 30 heavy (non-hydrogen) atoms. The number of anilines is 1. The number of nitro benzene ring substituents is 1. The highest BCUT2D eigenvalue weighted by molar-refractivity contribution is 5.98. The molecule has 0 spiro atoms. The maximum atomic E-state index is 12.4. The van der Waals surface area contributed by atoms with Gasteiger partial charge in [0.05, 0.1) is 25.2 Å². The smallest absolute Gasteiger partial charge is 0.345 e. The number of esters is 1. The summed E-state index contributed by atoms with van der Waals surface area (Å²) in [5.41, 5.74) is -0.500. The molecule has 158 valence electrons. The third-order valence-electron chi connectivity index (χ3n) is 4.05. The molecule has 1 heterocycles. The van der Waals surface area contributed by atoms with E-state index in [2.05, 4.69) is 5.32 Å². The number of hydrogen-bond donors (Lipinski definition) is 1. The molecule has 0 saturated carbocycles. The average Bonchev–Trinajstić information content (AvgIpc) is 2.76. The van der Waals surface area contributed by atoms with Gasteiger partial charge in [-0.25, -0.2) is 4.79 Å². The van der Waals surface area contributed by atoms with Crippen molar-refractivity contribution in [2.75, 3.05) is 39.4 Å². The zero-order chi connectivity index (χ0) is 21.7. The van der Waals surface area contributed by atoms with Crippen molar-refractivity contribution in [2.45, 2.75) is 0 Å². The largest absolute Gasteiger partial charge is 0.497 e. The fraction of sp³-hybridized carbons (Fsp3) is 0.263. The van der Waals surface area contributed by atoms with Crippen LogP contribution in [0.5, 0.6) is 23.0 Å². The van der Waals surface area contributed by atoms with Gasteiger partial charge >= 0.3 is 5.97 Å². The Morgan fingerprint density at radius 2 is 1.63 bits per heavy atom. The highest BCUT2D eigenvalue weighted by atomic mass is 16.6. The van der Waals surface area contributed by atoms with Crippen LogP contribution in [0.4, 0.5) is 11.4 Å². The number of amides is 1. The van der Waals surface area contributed by atoms with Gasteiger partial charge in [0.2, 0.25) is 0 Å². The summed E-state index contributed by atoms with van der Waals surface area (Å²) >= 11 is 0. The van der Waals surface area contributed by atoms with Crippen LogP contribution >= 0.6 is 0 Å². The van der Waals surface area contributed by atoms with Crippen molar-refractivity contribution >= 4 is 23.3 Å². The van der Waals surface area contributed by atoms with Crippen molar-refractivity contribution in [2.24, 2.45) is 0 Å². The van der Waals surface area contributed by atoms with E-state index >= 15 is 0 Å². The fourth-order valence-corrected chi connectivity index (χ4v) is 2.68. The monoisotopic (exact) mass is 418 g/mol. The summed E-state index contributed by atoms with van der Waals surface area (Å²) in [6, 6.07) is 6.98. The van der Waals surface area contributed by atoms with Crippen LogP contribution in [-0.4, -0.2) is 50.8 Å². The number of carbonyl (C=O) groups excluding carboxylic acids is 2. The lowest BCUT2D eigenvalue weighted by molar-refractivity contribution is -0.385. The van der Waals surface area contributed by atoms with Gasteiger partial charge in [0.25, 0.3) is 11.6 Å². The Hall–Kier alpha value is -4.02. The predicted molar refractivity (Wildman–Crippen MR) is 103 cm³/mol. The molecule has 1 N–H and O–H groups in total. The molecule has 1 amide bonds. The molecular formula is C19H18N2O9. The highest BCUT2D eigenvalue weighted by Crippen LogP contribution is 2.36. The molecule has 0 bridgehead atoms. The number of rotatable bonds is 7. The van der Waals surface area contributed by atoms with Crippen LogP contribution < -0.4 is 24.3 Å². The van der Waals surface area contributed by atoms with Crippen LogP contribution in [0.1, 0.15) is 10.4 Å². The van der Waals surface area contributed by atoms with E-state index in [1.165, 1.54) is 20.3 Å². The summed E-state index contributed by atoms with van der Waals surface area (Å²) in [4.78, 5) is 35.1. The molecule has 2 aromatic carbocycles. The maximum Gasteiger partial charge on any atom is 0.345 e. The molecule has 0 fully saturated rings. The third kappa shape index (κ3) is 4.69. The number of nitrogens with zero attached hydrogens (tertiary/aromatic N) is 1. The molecule has 0 unspecified atom stereocenters. The maximum absolute atomic E-state index is 12.4. The first-order valence-electron chi connectivity index (χ1n) is 8.69. The molecule has 11 nitrogen and oxygen atoms in total. The van der Waals surface area contributed by atoms with Gasteiger partial charge in [0, 0.05) is 30.0 Å². The Balaban J connectivity index is 1.70. The topological polar surface area (TPSA) is 135 Å². The van der Waals surface area contributed by atoms with E-state index in [1.54, 1.807) is 18.2 Å². The molecule has 1 aliphatic heterocycles. The van der Waals surface area contributed by atoms with E-state index in [1.807, 2.05) is 0 Å². The molecule has 0 aliphatic carbocycles.